The molecule has 146 valence electrons. The highest BCUT2D eigenvalue weighted by Crippen LogP contribution is 2.21. The minimum absolute atomic E-state index is 0.0961. The minimum Gasteiger partial charge on any atom is -0.351 e. The van der Waals surface area contributed by atoms with Gasteiger partial charge in [-0.15, -0.1) is 0 Å². The highest BCUT2D eigenvalue weighted by Gasteiger charge is 2.30. The number of aryl methyl sites for hydroxylation is 2. The Hall–Kier alpha value is -2.64. The van der Waals surface area contributed by atoms with Gasteiger partial charge in [0.05, 0.1) is 4.90 Å². The number of nitrogens with one attached hydrogen (secondary N) is 1. The fourth-order valence-electron chi connectivity index (χ4n) is 3.53. The number of carbonyl (C=O) groups excluding carboxylic acids is 1. The van der Waals surface area contributed by atoms with Crippen LogP contribution in [0.25, 0.3) is 10.9 Å². The Morgan fingerprint density at radius 2 is 1.54 bits per heavy atom. The topological polar surface area (TPSA) is 73.5 Å². The van der Waals surface area contributed by atoms with Crippen molar-refractivity contribution in [2.24, 2.45) is 0 Å². The van der Waals surface area contributed by atoms with E-state index in [0.717, 1.165) is 22.0 Å². The fraction of sp³-hybridized carbons (Fsp3) is 0.286. The predicted octanol–water partition coefficient (Wildman–Crippen LogP) is 2.93. The summed E-state index contributed by atoms with van der Waals surface area (Å²) in [5.41, 5.74) is 3.62. The van der Waals surface area contributed by atoms with E-state index in [-0.39, 0.29) is 5.91 Å². The van der Waals surface area contributed by atoms with Crippen molar-refractivity contribution in [1.29, 1.82) is 0 Å². The number of nitrogens with zero attached hydrogens (tertiary/aromatic N) is 2. The summed E-state index contributed by atoms with van der Waals surface area (Å²) in [5.74, 6) is -0.0961. The maximum Gasteiger partial charge on any atom is 0.270 e. The summed E-state index contributed by atoms with van der Waals surface area (Å²) >= 11 is 0. The van der Waals surface area contributed by atoms with Crippen molar-refractivity contribution in [2.75, 3.05) is 26.2 Å². The number of fused-ring (bicyclic) bond motifs is 1. The van der Waals surface area contributed by atoms with Gasteiger partial charge in [0.15, 0.2) is 0 Å². The van der Waals surface area contributed by atoms with Crippen molar-refractivity contribution < 1.29 is 13.2 Å². The second-order valence-corrected chi connectivity index (χ2v) is 9.22. The minimum atomic E-state index is -3.53. The van der Waals surface area contributed by atoms with Gasteiger partial charge in [-0.05, 0) is 44.2 Å². The van der Waals surface area contributed by atoms with E-state index in [0.29, 0.717) is 36.8 Å². The van der Waals surface area contributed by atoms with Crippen LogP contribution in [0.1, 0.15) is 21.6 Å². The lowest BCUT2D eigenvalue weighted by atomic mass is 10.2. The van der Waals surface area contributed by atoms with Crippen LogP contribution in [0, 0.1) is 13.8 Å². The van der Waals surface area contributed by atoms with Crippen molar-refractivity contribution >= 4 is 26.8 Å². The smallest absolute Gasteiger partial charge is 0.270 e. The summed E-state index contributed by atoms with van der Waals surface area (Å²) in [7, 11) is -3.53. The molecule has 0 unspecified atom stereocenters. The SMILES string of the molecule is Cc1ccc(S(=O)(=O)N2CCN(C(=O)c3cc4cc(C)ccc4[nH]3)CC2)cc1. The monoisotopic (exact) mass is 397 g/mol. The average Bonchev–Trinajstić information content (AvgIpc) is 3.11. The van der Waals surface area contributed by atoms with Crippen LogP contribution in [0.2, 0.25) is 0 Å². The van der Waals surface area contributed by atoms with E-state index in [1.165, 1.54) is 4.31 Å². The first-order valence-electron chi connectivity index (χ1n) is 9.30. The van der Waals surface area contributed by atoms with Crippen molar-refractivity contribution in [2.45, 2.75) is 18.7 Å². The van der Waals surface area contributed by atoms with Crippen LogP contribution >= 0.6 is 0 Å². The molecule has 0 atom stereocenters. The molecule has 6 nitrogen and oxygen atoms in total. The van der Waals surface area contributed by atoms with Crippen LogP contribution in [-0.2, 0) is 10.0 Å². The molecule has 1 N–H and O–H groups in total. The molecule has 1 fully saturated rings. The largest absolute Gasteiger partial charge is 0.351 e. The summed E-state index contributed by atoms with van der Waals surface area (Å²) in [6.45, 7) is 5.27. The molecule has 1 amide bonds. The summed E-state index contributed by atoms with van der Waals surface area (Å²) in [6, 6.07) is 14.7. The highest BCUT2D eigenvalue weighted by atomic mass is 32.2. The average molecular weight is 398 g/mol. The van der Waals surface area contributed by atoms with Crippen LogP contribution in [-0.4, -0.2) is 54.7 Å². The molecular formula is C21H23N3O3S. The van der Waals surface area contributed by atoms with Gasteiger partial charge >= 0.3 is 0 Å². The van der Waals surface area contributed by atoms with Crippen molar-refractivity contribution in [1.82, 2.24) is 14.2 Å². The number of hydrogen-bond acceptors (Lipinski definition) is 3. The molecule has 2 heterocycles. The van der Waals surface area contributed by atoms with Gasteiger partial charge in [0, 0.05) is 37.1 Å². The third-order valence-corrected chi connectivity index (χ3v) is 7.10. The van der Waals surface area contributed by atoms with Gasteiger partial charge in [-0.3, -0.25) is 4.79 Å². The molecule has 2 aromatic carbocycles. The van der Waals surface area contributed by atoms with Crippen molar-refractivity contribution in [3.05, 3.63) is 65.4 Å². The van der Waals surface area contributed by atoms with Crippen LogP contribution in [0.4, 0.5) is 0 Å². The van der Waals surface area contributed by atoms with E-state index >= 15 is 0 Å². The van der Waals surface area contributed by atoms with Gasteiger partial charge in [-0.25, -0.2) is 8.42 Å². The molecule has 3 aromatic rings. The van der Waals surface area contributed by atoms with Gasteiger partial charge in [-0.1, -0.05) is 29.3 Å². The molecule has 7 heteroatoms. The Bertz CT molecular complexity index is 1130. The molecule has 1 aromatic heterocycles. The normalized spacial score (nSPS) is 15.9. The lowest BCUT2D eigenvalue weighted by Crippen LogP contribution is -2.50. The quantitative estimate of drug-likeness (QED) is 0.738. The Balaban J connectivity index is 1.47. The molecule has 0 spiro atoms. The van der Waals surface area contributed by atoms with E-state index in [1.54, 1.807) is 29.2 Å². The summed E-state index contributed by atoms with van der Waals surface area (Å²) < 4.78 is 27.1. The van der Waals surface area contributed by atoms with E-state index in [2.05, 4.69) is 4.98 Å². The standard InChI is InChI=1S/C21H23N3O3S/c1-15-3-6-18(7-4-15)28(26,27)24-11-9-23(10-12-24)21(25)20-14-17-13-16(2)5-8-19(17)22-20/h3-8,13-14,22H,9-12H2,1-2H3. The number of sulfonamides is 1. The molecule has 0 saturated carbocycles. The molecule has 0 aliphatic carbocycles. The van der Waals surface area contributed by atoms with Crippen LogP contribution in [0.5, 0.6) is 0 Å². The van der Waals surface area contributed by atoms with Crippen LogP contribution < -0.4 is 0 Å². The van der Waals surface area contributed by atoms with E-state index in [9.17, 15) is 13.2 Å². The second-order valence-electron chi connectivity index (χ2n) is 7.28. The number of carbonyl (C=O) groups is 1. The predicted molar refractivity (Wildman–Crippen MR) is 109 cm³/mol. The number of rotatable bonds is 3. The Kier molecular flexibility index (Phi) is 4.72. The molecule has 4 rings (SSSR count). The Morgan fingerprint density at radius 3 is 2.21 bits per heavy atom. The molecule has 1 aliphatic heterocycles. The zero-order valence-electron chi connectivity index (χ0n) is 16.0. The first-order chi connectivity index (χ1) is 13.3. The van der Waals surface area contributed by atoms with Gasteiger partial charge in [0.2, 0.25) is 10.0 Å². The maximum atomic E-state index is 12.8. The zero-order chi connectivity index (χ0) is 19.9. The zero-order valence-corrected chi connectivity index (χ0v) is 16.8. The number of benzene rings is 2. The molecular weight excluding hydrogens is 374 g/mol. The fourth-order valence-corrected chi connectivity index (χ4v) is 4.95. The lowest BCUT2D eigenvalue weighted by molar-refractivity contribution is 0.0693. The molecule has 28 heavy (non-hydrogen) atoms. The van der Waals surface area contributed by atoms with Crippen LogP contribution in [0.15, 0.2) is 53.4 Å². The second kappa shape index (κ2) is 7.07. The third-order valence-electron chi connectivity index (χ3n) is 5.19. The molecule has 0 bridgehead atoms. The Labute approximate surface area is 164 Å². The number of H-pyrrole nitrogens is 1. The van der Waals surface area contributed by atoms with E-state index in [4.69, 9.17) is 0 Å². The van der Waals surface area contributed by atoms with Gasteiger partial charge < -0.3 is 9.88 Å². The Morgan fingerprint density at radius 1 is 0.893 bits per heavy atom. The van der Waals surface area contributed by atoms with Crippen molar-refractivity contribution in [3.8, 4) is 0 Å². The van der Waals surface area contributed by atoms with Crippen LogP contribution in [0.3, 0.4) is 0 Å². The molecule has 1 saturated heterocycles. The van der Waals surface area contributed by atoms with Crippen molar-refractivity contribution in [3.63, 3.8) is 0 Å². The number of piperazine rings is 1. The van der Waals surface area contributed by atoms with Gasteiger partial charge in [0.25, 0.3) is 5.91 Å². The van der Waals surface area contributed by atoms with Gasteiger partial charge in [-0.2, -0.15) is 4.31 Å². The number of aromatic amines is 1. The summed E-state index contributed by atoms with van der Waals surface area (Å²) in [6.07, 6.45) is 0. The number of hydrogen-bond donors (Lipinski definition) is 1. The molecule has 0 radical (unpaired) electrons. The number of aromatic nitrogens is 1. The third kappa shape index (κ3) is 3.43. The highest BCUT2D eigenvalue weighted by molar-refractivity contribution is 7.89. The van der Waals surface area contributed by atoms with E-state index < -0.39 is 10.0 Å². The van der Waals surface area contributed by atoms with E-state index in [1.807, 2.05) is 38.1 Å². The summed E-state index contributed by atoms with van der Waals surface area (Å²) in [4.78, 5) is 18.0. The maximum absolute atomic E-state index is 12.8. The first kappa shape index (κ1) is 18.7. The van der Waals surface area contributed by atoms with Gasteiger partial charge in [0.1, 0.15) is 5.69 Å². The lowest BCUT2D eigenvalue weighted by Gasteiger charge is -2.33. The molecule has 1 aliphatic rings. The number of amides is 1. The summed E-state index contributed by atoms with van der Waals surface area (Å²) in [5, 5.41) is 1.00. The first-order valence-corrected chi connectivity index (χ1v) is 10.7.